The lowest BCUT2D eigenvalue weighted by atomic mass is 9.95. The van der Waals surface area contributed by atoms with Crippen LogP contribution in [0.4, 0.5) is 5.82 Å². The molecule has 0 saturated carbocycles. The van der Waals surface area contributed by atoms with Crippen molar-refractivity contribution in [2.24, 2.45) is 0 Å². The number of pyridine rings is 1. The van der Waals surface area contributed by atoms with Gasteiger partial charge in [-0.2, -0.15) is 0 Å². The van der Waals surface area contributed by atoms with Crippen LogP contribution in [0, 0.1) is 0 Å². The minimum Gasteiger partial charge on any atom is -0.478 e. The average Bonchev–Trinajstić information content (AvgIpc) is 3.09. The molecule has 1 fully saturated rings. The summed E-state index contributed by atoms with van der Waals surface area (Å²) in [5.74, 6) is -0.257. The summed E-state index contributed by atoms with van der Waals surface area (Å²) in [5, 5.41) is 9.74. The first-order valence-corrected chi connectivity index (χ1v) is 8.46. The number of aromatic nitrogens is 1. The normalized spacial score (nSPS) is 21.2. The van der Waals surface area contributed by atoms with E-state index in [1.54, 1.807) is 0 Å². The quantitative estimate of drug-likeness (QED) is 0.892. The van der Waals surface area contributed by atoms with Crippen molar-refractivity contribution in [2.75, 3.05) is 37.7 Å². The van der Waals surface area contributed by atoms with E-state index in [4.69, 9.17) is 4.74 Å². The first-order chi connectivity index (χ1) is 11.2. The second-order valence-corrected chi connectivity index (χ2v) is 6.18. The molecule has 1 aromatic heterocycles. The molecule has 0 amide bonds. The molecule has 6 nitrogen and oxygen atoms in total. The second kappa shape index (κ2) is 6.84. The predicted octanol–water partition coefficient (Wildman–Crippen LogP) is 1.77. The highest BCUT2D eigenvalue weighted by molar-refractivity contribution is 5.95. The second-order valence-electron chi connectivity index (χ2n) is 6.18. The van der Waals surface area contributed by atoms with Crippen molar-refractivity contribution in [3.8, 4) is 0 Å². The Kier molecular flexibility index (Phi) is 4.82. The van der Waals surface area contributed by atoms with E-state index in [0.29, 0.717) is 17.4 Å². The number of carboxylic acids is 1. The lowest BCUT2D eigenvalue weighted by molar-refractivity contribution is 0.0694. The van der Waals surface area contributed by atoms with Gasteiger partial charge in [0.05, 0.1) is 6.61 Å². The Morgan fingerprint density at radius 1 is 1.48 bits per heavy atom. The maximum atomic E-state index is 11.9. The van der Waals surface area contributed by atoms with Gasteiger partial charge in [0.15, 0.2) is 0 Å². The van der Waals surface area contributed by atoms with E-state index in [1.165, 1.54) is 0 Å². The van der Waals surface area contributed by atoms with Gasteiger partial charge in [-0.05, 0) is 37.8 Å². The third-order valence-electron chi connectivity index (χ3n) is 4.98. The van der Waals surface area contributed by atoms with Crippen LogP contribution in [0.15, 0.2) is 6.20 Å². The van der Waals surface area contributed by atoms with Gasteiger partial charge >= 0.3 is 5.97 Å². The van der Waals surface area contributed by atoms with Crippen LogP contribution >= 0.6 is 0 Å². The van der Waals surface area contributed by atoms with Crippen molar-refractivity contribution >= 4 is 11.8 Å². The average molecular weight is 319 g/mol. The maximum absolute atomic E-state index is 11.9. The van der Waals surface area contributed by atoms with Crippen LogP contribution < -0.4 is 4.90 Å². The van der Waals surface area contributed by atoms with E-state index in [9.17, 15) is 9.90 Å². The summed E-state index contributed by atoms with van der Waals surface area (Å²) in [4.78, 5) is 20.8. The van der Waals surface area contributed by atoms with Crippen molar-refractivity contribution in [3.63, 3.8) is 0 Å². The van der Waals surface area contributed by atoms with Gasteiger partial charge in [0.25, 0.3) is 0 Å². The molecule has 1 N–H and O–H groups in total. The van der Waals surface area contributed by atoms with Crippen LogP contribution in [0.25, 0.3) is 0 Å². The van der Waals surface area contributed by atoms with Gasteiger partial charge in [-0.25, -0.2) is 9.78 Å². The largest absolute Gasteiger partial charge is 0.478 e. The Labute approximate surface area is 137 Å². The van der Waals surface area contributed by atoms with Gasteiger partial charge in [0.1, 0.15) is 11.4 Å². The van der Waals surface area contributed by atoms with E-state index in [2.05, 4.69) is 9.88 Å². The molecule has 126 valence electrons. The number of hydrogen-bond acceptors (Lipinski definition) is 5. The monoisotopic (exact) mass is 319 g/mol. The van der Waals surface area contributed by atoms with E-state index < -0.39 is 5.97 Å². The highest BCUT2D eigenvalue weighted by atomic mass is 16.5. The molecule has 6 heteroatoms. The summed E-state index contributed by atoms with van der Waals surface area (Å²) < 4.78 is 5.48. The maximum Gasteiger partial charge on any atom is 0.339 e. The number of anilines is 1. The number of aromatic carboxylic acids is 1. The molecule has 0 bridgehead atoms. The molecule has 2 aliphatic rings. The summed E-state index contributed by atoms with van der Waals surface area (Å²) in [6.07, 6.45) is 3.70. The molecule has 1 aromatic rings. The zero-order valence-electron chi connectivity index (χ0n) is 13.9. The molecular weight excluding hydrogens is 294 g/mol. The molecule has 1 saturated heterocycles. The molecular formula is C17H25N3O3. The minimum atomic E-state index is -0.867. The van der Waals surface area contributed by atoms with Gasteiger partial charge in [-0.15, -0.1) is 0 Å². The van der Waals surface area contributed by atoms with Crippen LogP contribution in [0.5, 0.6) is 0 Å². The molecule has 1 atom stereocenters. The highest BCUT2D eigenvalue weighted by Gasteiger charge is 2.30. The third-order valence-corrected chi connectivity index (χ3v) is 4.98. The Balaban J connectivity index is 1.93. The Bertz CT molecular complexity index is 581. The molecule has 23 heavy (non-hydrogen) atoms. The number of hydrogen-bond donors (Lipinski definition) is 1. The van der Waals surface area contributed by atoms with E-state index in [0.717, 1.165) is 63.4 Å². The van der Waals surface area contributed by atoms with Crippen LogP contribution in [-0.2, 0) is 17.7 Å². The zero-order valence-corrected chi connectivity index (χ0v) is 13.9. The Morgan fingerprint density at radius 2 is 2.26 bits per heavy atom. The Morgan fingerprint density at radius 3 is 2.87 bits per heavy atom. The van der Waals surface area contributed by atoms with Gasteiger partial charge in [-0.1, -0.05) is 0 Å². The number of nitrogens with zero attached hydrogens (tertiary/aromatic N) is 3. The molecule has 0 radical (unpaired) electrons. The zero-order chi connectivity index (χ0) is 16.4. The Hall–Kier alpha value is -1.66. The number of carboxylic acid groups (broad SMARTS) is 1. The lowest BCUT2D eigenvalue weighted by Gasteiger charge is -2.34. The fraction of sp³-hybridized carbons (Fsp3) is 0.647. The number of rotatable bonds is 5. The molecule has 0 aliphatic carbocycles. The fourth-order valence-corrected chi connectivity index (χ4v) is 3.66. The van der Waals surface area contributed by atoms with Crippen molar-refractivity contribution in [2.45, 2.75) is 39.3 Å². The molecule has 0 unspecified atom stereocenters. The summed E-state index contributed by atoms with van der Waals surface area (Å²) in [6.45, 7) is 8.84. The fourth-order valence-electron chi connectivity index (χ4n) is 3.66. The topological polar surface area (TPSA) is 65.9 Å². The third kappa shape index (κ3) is 3.05. The number of carbonyl (C=O) groups is 1. The smallest absolute Gasteiger partial charge is 0.339 e. The summed E-state index contributed by atoms with van der Waals surface area (Å²) in [5.41, 5.74) is 2.41. The van der Waals surface area contributed by atoms with Crippen LogP contribution in [-0.4, -0.2) is 59.8 Å². The highest BCUT2D eigenvalue weighted by Crippen LogP contribution is 2.30. The summed E-state index contributed by atoms with van der Waals surface area (Å²) in [7, 11) is 0. The van der Waals surface area contributed by atoms with Gasteiger partial charge < -0.3 is 14.7 Å². The van der Waals surface area contributed by atoms with Crippen molar-refractivity contribution in [3.05, 3.63) is 22.9 Å². The molecule has 0 spiro atoms. The molecule has 0 aromatic carbocycles. The van der Waals surface area contributed by atoms with Crippen molar-refractivity contribution in [1.82, 2.24) is 9.88 Å². The van der Waals surface area contributed by atoms with Gasteiger partial charge in [0.2, 0.25) is 0 Å². The van der Waals surface area contributed by atoms with E-state index >= 15 is 0 Å². The summed E-state index contributed by atoms with van der Waals surface area (Å²) >= 11 is 0. The first-order valence-electron chi connectivity index (χ1n) is 8.46. The number of ether oxygens (including phenoxy) is 1. The van der Waals surface area contributed by atoms with Crippen molar-refractivity contribution in [1.29, 1.82) is 0 Å². The molecule has 2 aliphatic heterocycles. The van der Waals surface area contributed by atoms with Crippen LogP contribution in [0.1, 0.15) is 41.8 Å². The minimum absolute atomic E-state index is 0.397. The SMILES string of the molecule is CCN(CC)c1ncc2c(c1C(=O)O)CCN([C@H]1CCOC1)C2. The van der Waals surface area contributed by atoms with Gasteiger partial charge in [0, 0.05) is 45.0 Å². The lowest BCUT2D eigenvalue weighted by Crippen LogP contribution is -2.40. The molecule has 3 heterocycles. The van der Waals surface area contributed by atoms with Crippen molar-refractivity contribution < 1.29 is 14.6 Å². The van der Waals surface area contributed by atoms with Gasteiger partial charge in [-0.3, -0.25) is 4.90 Å². The van der Waals surface area contributed by atoms with E-state index in [-0.39, 0.29) is 0 Å². The molecule has 3 rings (SSSR count). The standard InChI is InChI=1S/C17H25N3O3/c1-3-19(4-2)16-15(17(21)22)14-5-7-20(10-12(14)9-18-16)13-6-8-23-11-13/h9,13H,3-8,10-11H2,1-2H3,(H,21,22)/t13-/m0/s1. The number of fused-ring (bicyclic) bond motifs is 1. The predicted molar refractivity (Wildman–Crippen MR) is 88.1 cm³/mol. The summed E-state index contributed by atoms with van der Waals surface area (Å²) in [6, 6.07) is 0.457. The van der Waals surface area contributed by atoms with E-state index in [1.807, 2.05) is 24.9 Å². The van der Waals surface area contributed by atoms with Crippen LogP contribution in [0.2, 0.25) is 0 Å². The van der Waals surface area contributed by atoms with Crippen LogP contribution in [0.3, 0.4) is 0 Å². The first kappa shape index (κ1) is 16.2.